The summed E-state index contributed by atoms with van der Waals surface area (Å²) in [4.78, 5) is 14.7. The number of fused-ring (bicyclic) bond motifs is 2. The first-order chi connectivity index (χ1) is 10.8. The minimum atomic E-state index is 0.272. The van der Waals surface area contributed by atoms with Crippen LogP contribution >= 0.6 is 0 Å². The second-order valence-corrected chi connectivity index (χ2v) is 6.80. The van der Waals surface area contributed by atoms with E-state index in [9.17, 15) is 4.79 Å². The average Bonchev–Trinajstić information content (AvgIpc) is 3.22. The molecule has 1 aliphatic heterocycles. The summed E-state index contributed by atoms with van der Waals surface area (Å²) in [5.74, 6) is 3.00. The van der Waals surface area contributed by atoms with Gasteiger partial charge in [0.05, 0.1) is 13.2 Å². The van der Waals surface area contributed by atoms with E-state index in [1.165, 1.54) is 19.3 Å². The number of amides is 1. The molecule has 0 N–H and O–H groups in total. The summed E-state index contributed by atoms with van der Waals surface area (Å²) < 4.78 is 11.1. The fourth-order valence-corrected chi connectivity index (χ4v) is 4.05. The van der Waals surface area contributed by atoms with Crippen LogP contribution in [0.25, 0.3) is 0 Å². The first-order valence-corrected chi connectivity index (χ1v) is 8.35. The first kappa shape index (κ1) is 13.9. The zero-order valence-electron chi connectivity index (χ0n) is 13.0. The number of piperidine rings is 1. The molecule has 2 aliphatic carbocycles. The average molecular weight is 301 g/mol. The third-order valence-electron chi connectivity index (χ3n) is 5.40. The van der Waals surface area contributed by atoms with Gasteiger partial charge in [0, 0.05) is 12.0 Å². The van der Waals surface area contributed by atoms with Crippen molar-refractivity contribution in [1.82, 2.24) is 4.90 Å². The van der Waals surface area contributed by atoms with Crippen LogP contribution in [0, 0.1) is 11.8 Å². The number of nitrogens with zero attached hydrogens (tertiary/aromatic N) is 1. The smallest absolute Gasteiger partial charge is 0.226 e. The molecular weight excluding hydrogens is 278 g/mol. The van der Waals surface area contributed by atoms with Crippen molar-refractivity contribution in [2.75, 3.05) is 13.7 Å². The van der Waals surface area contributed by atoms with Crippen LogP contribution in [-0.2, 0) is 4.79 Å². The highest BCUT2D eigenvalue weighted by Gasteiger charge is 2.50. The van der Waals surface area contributed by atoms with Gasteiger partial charge in [-0.25, -0.2) is 0 Å². The van der Waals surface area contributed by atoms with E-state index in [4.69, 9.17) is 9.47 Å². The van der Waals surface area contributed by atoms with Crippen molar-refractivity contribution in [3.05, 3.63) is 24.3 Å². The lowest BCUT2D eigenvalue weighted by Gasteiger charge is -2.35. The van der Waals surface area contributed by atoms with Crippen molar-refractivity contribution in [1.29, 1.82) is 0 Å². The Morgan fingerprint density at radius 2 is 1.86 bits per heavy atom. The molecule has 3 atom stereocenters. The largest absolute Gasteiger partial charge is 0.497 e. The Balaban J connectivity index is 1.42. The first-order valence-electron chi connectivity index (χ1n) is 8.35. The SMILES string of the molecule is COc1ccc(OC[C@@H]2[C@@H]3CC[C@H](C3)N2C(=O)C2CC2)cc1. The van der Waals surface area contributed by atoms with Gasteiger partial charge in [0.25, 0.3) is 0 Å². The predicted molar refractivity (Wildman–Crippen MR) is 83.0 cm³/mol. The quantitative estimate of drug-likeness (QED) is 0.839. The minimum Gasteiger partial charge on any atom is -0.497 e. The Morgan fingerprint density at radius 1 is 1.14 bits per heavy atom. The van der Waals surface area contributed by atoms with Crippen LogP contribution < -0.4 is 9.47 Å². The lowest BCUT2D eigenvalue weighted by molar-refractivity contribution is -0.137. The molecular formula is C18H23NO3. The summed E-state index contributed by atoms with van der Waals surface area (Å²) in [5.41, 5.74) is 0. The van der Waals surface area contributed by atoms with E-state index in [2.05, 4.69) is 4.90 Å². The van der Waals surface area contributed by atoms with E-state index in [-0.39, 0.29) is 6.04 Å². The van der Waals surface area contributed by atoms with E-state index in [0.717, 1.165) is 24.3 Å². The molecule has 0 aromatic heterocycles. The summed E-state index contributed by atoms with van der Waals surface area (Å²) in [7, 11) is 1.66. The Bertz CT molecular complexity index is 552. The van der Waals surface area contributed by atoms with Crippen LogP contribution in [0.2, 0.25) is 0 Å². The molecule has 1 heterocycles. The molecule has 3 fully saturated rings. The third kappa shape index (κ3) is 2.44. The predicted octanol–water partition coefficient (Wildman–Crippen LogP) is 2.86. The van der Waals surface area contributed by atoms with Gasteiger partial charge in [-0.05, 0) is 62.3 Å². The molecule has 4 heteroatoms. The van der Waals surface area contributed by atoms with E-state index in [1.807, 2.05) is 24.3 Å². The Morgan fingerprint density at radius 3 is 2.55 bits per heavy atom. The molecule has 1 saturated heterocycles. The topological polar surface area (TPSA) is 38.8 Å². The van der Waals surface area contributed by atoms with Crippen molar-refractivity contribution in [2.45, 2.75) is 44.2 Å². The standard InChI is InChI=1S/C18H23NO3/c1-21-15-6-8-16(9-7-15)22-11-17-13-4-5-14(10-13)19(17)18(20)12-2-3-12/h6-9,12-14,17H,2-5,10-11H2,1H3/t13-,14-,17-/m1/s1. The van der Waals surface area contributed by atoms with E-state index in [0.29, 0.717) is 30.4 Å². The fraction of sp³-hybridized carbons (Fsp3) is 0.611. The summed E-state index contributed by atoms with van der Waals surface area (Å²) >= 11 is 0. The van der Waals surface area contributed by atoms with Crippen LogP contribution in [0.5, 0.6) is 11.5 Å². The zero-order valence-corrected chi connectivity index (χ0v) is 13.0. The van der Waals surface area contributed by atoms with E-state index < -0.39 is 0 Å². The molecule has 1 aromatic rings. The molecule has 22 heavy (non-hydrogen) atoms. The summed E-state index contributed by atoms with van der Waals surface area (Å²) in [6, 6.07) is 8.42. The normalized spacial score (nSPS) is 29.7. The van der Waals surface area contributed by atoms with Crippen LogP contribution in [0.3, 0.4) is 0 Å². The molecule has 118 valence electrons. The molecule has 0 unspecified atom stereocenters. The van der Waals surface area contributed by atoms with Gasteiger partial charge < -0.3 is 14.4 Å². The van der Waals surface area contributed by atoms with Crippen LogP contribution in [0.4, 0.5) is 0 Å². The molecule has 3 aliphatic rings. The highest BCUT2D eigenvalue weighted by Crippen LogP contribution is 2.45. The number of benzene rings is 1. The number of rotatable bonds is 5. The van der Waals surface area contributed by atoms with Gasteiger partial charge >= 0.3 is 0 Å². The second kappa shape index (κ2) is 5.49. The van der Waals surface area contributed by atoms with Gasteiger partial charge in [0.1, 0.15) is 18.1 Å². The fourth-order valence-electron chi connectivity index (χ4n) is 4.05. The molecule has 2 bridgehead atoms. The van der Waals surface area contributed by atoms with Crippen LogP contribution in [0.15, 0.2) is 24.3 Å². The van der Waals surface area contributed by atoms with Gasteiger partial charge in [-0.3, -0.25) is 4.79 Å². The molecule has 2 saturated carbocycles. The second-order valence-electron chi connectivity index (χ2n) is 6.80. The maximum atomic E-state index is 12.6. The third-order valence-corrected chi connectivity index (χ3v) is 5.40. The number of hydrogen-bond donors (Lipinski definition) is 0. The Kier molecular flexibility index (Phi) is 3.47. The van der Waals surface area contributed by atoms with Crippen molar-refractivity contribution in [3.8, 4) is 11.5 Å². The minimum absolute atomic E-state index is 0.272. The number of ether oxygens (including phenoxy) is 2. The van der Waals surface area contributed by atoms with Gasteiger partial charge in [0.2, 0.25) is 5.91 Å². The van der Waals surface area contributed by atoms with Crippen LogP contribution in [-0.4, -0.2) is 36.6 Å². The number of carbonyl (C=O) groups is 1. The number of likely N-dealkylation sites (tertiary alicyclic amines) is 1. The van der Waals surface area contributed by atoms with Gasteiger partial charge in [0.15, 0.2) is 0 Å². The molecule has 0 spiro atoms. The maximum Gasteiger partial charge on any atom is 0.226 e. The molecule has 4 rings (SSSR count). The summed E-state index contributed by atoms with van der Waals surface area (Å²) in [5, 5.41) is 0. The van der Waals surface area contributed by atoms with Crippen LogP contribution in [0.1, 0.15) is 32.1 Å². The van der Waals surface area contributed by atoms with Crippen molar-refractivity contribution in [2.24, 2.45) is 11.8 Å². The molecule has 4 nitrogen and oxygen atoms in total. The van der Waals surface area contributed by atoms with Gasteiger partial charge in [-0.15, -0.1) is 0 Å². The summed E-state index contributed by atoms with van der Waals surface area (Å²) in [6.07, 6.45) is 5.77. The van der Waals surface area contributed by atoms with Gasteiger partial charge in [-0.1, -0.05) is 0 Å². The number of carbonyl (C=O) groups excluding carboxylic acids is 1. The van der Waals surface area contributed by atoms with Gasteiger partial charge in [-0.2, -0.15) is 0 Å². The highest BCUT2D eigenvalue weighted by atomic mass is 16.5. The number of methoxy groups -OCH3 is 1. The lowest BCUT2D eigenvalue weighted by Crippen LogP contribution is -2.48. The molecule has 1 aromatic carbocycles. The Labute approximate surface area is 131 Å². The number of hydrogen-bond acceptors (Lipinski definition) is 3. The van der Waals surface area contributed by atoms with E-state index >= 15 is 0 Å². The zero-order chi connectivity index (χ0) is 15.1. The lowest BCUT2D eigenvalue weighted by atomic mass is 9.99. The monoisotopic (exact) mass is 301 g/mol. The molecule has 0 radical (unpaired) electrons. The maximum absolute atomic E-state index is 12.6. The van der Waals surface area contributed by atoms with E-state index in [1.54, 1.807) is 7.11 Å². The van der Waals surface area contributed by atoms with Crippen molar-refractivity contribution in [3.63, 3.8) is 0 Å². The van der Waals surface area contributed by atoms with Crippen molar-refractivity contribution < 1.29 is 14.3 Å². The molecule has 1 amide bonds. The van der Waals surface area contributed by atoms with Crippen molar-refractivity contribution >= 4 is 5.91 Å². The summed E-state index contributed by atoms with van der Waals surface area (Å²) in [6.45, 7) is 0.617. The Hall–Kier alpha value is -1.71. The highest BCUT2D eigenvalue weighted by molar-refractivity contribution is 5.82.